The number of aliphatic hydroxyl groups excluding tert-OH is 2. The number of carbonyl (C=O) groups is 2. The van der Waals surface area contributed by atoms with E-state index in [0.29, 0.717) is 25.9 Å². The van der Waals surface area contributed by atoms with E-state index >= 15 is 0 Å². The first kappa shape index (κ1) is 79.3. The molecule has 0 aliphatic rings. The summed E-state index contributed by atoms with van der Waals surface area (Å²) in [4.78, 5) is 24.5. The number of amides is 1. The second-order valence-electron chi connectivity index (χ2n) is 25.6. The molecule has 2 unspecified atom stereocenters. The van der Waals surface area contributed by atoms with Crippen molar-refractivity contribution in [3.05, 3.63) is 24.3 Å². The maximum absolute atomic E-state index is 12.5. The number of nitrogens with one attached hydrogen (secondary N) is 1. The maximum atomic E-state index is 12.5. The van der Waals surface area contributed by atoms with Crippen LogP contribution >= 0.6 is 0 Å². The molecule has 0 saturated heterocycles. The molecule has 0 fully saturated rings. The molecule has 0 saturated carbocycles. The third kappa shape index (κ3) is 67.3. The molecule has 0 aromatic carbocycles. The lowest BCUT2D eigenvalue weighted by atomic mass is 10.0. The minimum atomic E-state index is -0.659. The zero-order chi connectivity index (χ0) is 58.5. The quantitative estimate of drug-likeness (QED) is 0.0320. The number of carbonyl (C=O) groups excluding carboxylic acids is 2. The van der Waals surface area contributed by atoms with E-state index in [9.17, 15) is 19.8 Å². The van der Waals surface area contributed by atoms with Gasteiger partial charge >= 0.3 is 5.97 Å². The first-order chi connectivity index (χ1) is 40.0. The summed E-state index contributed by atoms with van der Waals surface area (Å²) in [5.74, 6) is -0.0151. The van der Waals surface area contributed by atoms with Crippen LogP contribution in [0.15, 0.2) is 24.3 Å². The topological polar surface area (TPSA) is 95.9 Å². The SMILES string of the molecule is CCCCCCCC/C=C\CCCCCCCC(=O)OCCCCCCCCCCCCCCCCCCCC/C=C\CCCCCCCCCCCCCCCCCCCC(=O)NC(CO)C(O)CCCCCCCCCCCC. The first-order valence-corrected chi connectivity index (χ1v) is 37.1. The van der Waals surface area contributed by atoms with Crippen LogP contribution in [0.1, 0.15) is 418 Å². The van der Waals surface area contributed by atoms with Crippen LogP contribution in [0.2, 0.25) is 0 Å². The molecule has 0 rings (SSSR count). The Labute approximate surface area is 507 Å². The predicted molar refractivity (Wildman–Crippen MR) is 356 cm³/mol. The minimum Gasteiger partial charge on any atom is -0.466 e. The van der Waals surface area contributed by atoms with E-state index < -0.39 is 12.1 Å². The maximum Gasteiger partial charge on any atom is 0.305 e. The number of allylic oxidation sites excluding steroid dienone is 4. The van der Waals surface area contributed by atoms with Crippen LogP contribution in [0.25, 0.3) is 0 Å². The molecule has 3 N–H and O–H groups in total. The van der Waals surface area contributed by atoms with E-state index in [4.69, 9.17) is 4.74 Å². The zero-order valence-corrected chi connectivity index (χ0v) is 55.0. The second-order valence-corrected chi connectivity index (χ2v) is 25.6. The number of esters is 1. The van der Waals surface area contributed by atoms with Crippen molar-refractivity contribution < 1.29 is 24.5 Å². The summed E-state index contributed by atoms with van der Waals surface area (Å²) in [6.07, 6.45) is 89.9. The van der Waals surface area contributed by atoms with Gasteiger partial charge in [-0.1, -0.05) is 353 Å². The number of hydrogen-bond donors (Lipinski definition) is 3. The highest BCUT2D eigenvalue weighted by Crippen LogP contribution is 2.19. The lowest BCUT2D eigenvalue weighted by Crippen LogP contribution is -2.45. The Bertz CT molecular complexity index is 1270. The Kier molecular flexibility index (Phi) is 69.4. The van der Waals surface area contributed by atoms with Crippen LogP contribution < -0.4 is 5.32 Å². The van der Waals surface area contributed by atoms with Crippen LogP contribution in [0.5, 0.6) is 0 Å². The van der Waals surface area contributed by atoms with Gasteiger partial charge in [-0.2, -0.15) is 0 Å². The van der Waals surface area contributed by atoms with Gasteiger partial charge in [-0.3, -0.25) is 9.59 Å². The molecule has 6 heteroatoms. The molecule has 0 bridgehead atoms. The predicted octanol–water partition coefficient (Wildman–Crippen LogP) is 24.1. The van der Waals surface area contributed by atoms with Crippen LogP contribution in [-0.4, -0.2) is 47.4 Å². The van der Waals surface area contributed by atoms with Crippen LogP contribution in [0.4, 0.5) is 0 Å². The highest BCUT2D eigenvalue weighted by atomic mass is 16.5. The highest BCUT2D eigenvalue weighted by Gasteiger charge is 2.20. The molecule has 0 aromatic rings. The molecule has 480 valence electrons. The summed E-state index contributed by atoms with van der Waals surface area (Å²) >= 11 is 0. The Balaban J connectivity index is 3.29. The van der Waals surface area contributed by atoms with Crippen molar-refractivity contribution in [2.75, 3.05) is 13.2 Å². The third-order valence-electron chi connectivity index (χ3n) is 17.5. The van der Waals surface area contributed by atoms with E-state index in [1.54, 1.807) is 0 Å². The van der Waals surface area contributed by atoms with Gasteiger partial charge in [0.15, 0.2) is 0 Å². The van der Waals surface area contributed by atoms with Crippen molar-refractivity contribution in [2.24, 2.45) is 0 Å². The fourth-order valence-electron chi connectivity index (χ4n) is 11.8. The van der Waals surface area contributed by atoms with Gasteiger partial charge in [0, 0.05) is 12.8 Å². The molecular formula is C75H145NO5. The van der Waals surface area contributed by atoms with Gasteiger partial charge in [0.25, 0.3) is 0 Å². The zero-order valence-electron chi connectivity index (χ0n) is 55.0. The van der Waals surface area contributed by atoms with E-state index in [-0.39, 0.29) is 18.5 Å². The van der Waals surface area contributed by atoms with Gasteiger partial charge in [-0.05, 0) is 77.0 Å². The summed E-state index contributed by atoms with van der Waals surface area (Å²) in [6.45, 7) is 4.96. The fraction of sp³-hybridized carbons (Fsp3) is 0.920. The normalized spacial score (nSPS) is 12.6. The minimum absolute atomic E-state index is 0.0151. The molecule has 1 amide bonds. The number of hydrogen-bond acceptors (Lipinski definition) is 5. The third-order valence-corrected chi connectivity index (χ3v) is 17.5. The molecule has 0 radical (unpaired) electrons. The van der Waals surface area contributed by atoms with E-state index in [2.05, 4.69) is 43.5 Å². The van der Waals surface area contributed by atoms with Crippen molar-refractivity contribution in [2.45, 2.75) is 431 Å². The molecule has 0 aliphatic heterocycles. The van der Waals surface area contributed by atoms with E-state index in [1.807, 2.05) is 0 Å². The summed E-state index contributed by atoms with van der Waals surface area (Å²) in [5, 5.41) is 23.2. The molecule has 0 heterocycles. The van der Waals surface area contributed by atoms with Crippen molar-refractivity contribution in [3.63, 3.8) is 0 Å². The summed E-state index contributed by atoms with van der Waals surface area (Å²) in [5.41, 5.74) is 0. The largest absolute Gasteiger partial charge is 0.466 e. The molecule has 0 aromatic heterocycles. The Morgan fingerprint density at radius 2 is 0.580 bits per heavy atom. The monoisotopic (exact) mass is 1140 g/mol. The van der Waals surface area contributed by atoms with Gasteiger partial charge in [0.2, 0.25) is 5.91 Å². The molecule has 6 nitrogen and oxygen atoms in total. The van der Waals surface area contributed by atoms with Gasteiger partial charge in [-0.15, -0.1) is 0 Å². The highest BCUT2D eigenvalue weighted by molar-refractivity contribution is 5.76. The average molecular weight is 1140 g/mol. The lowest BCUT2D eigenvalue weighted by Gasteiger charge is -2.22. The lowest BCUT2D eigenvalue weighted by molar-refractivity contribution is -0.143. The number of ether oxygens (including phenoxy) is 1. The summed E-state index contributed by atoms with van der Waals surface area (Å²) in [6, 6.07) is -0.536. The van der Waals surface area contributed by atoms with Crippen molar-refractivity contribution >= 4 is 11.9 Å². The number of unbranched alkanes of at least 4 members (excludes halogenated alkanes) is 55. The number of rotatable bonds is 70. The van der Waals surface area contributed by atoms with Gasteiger partial charge < -0.3 is 20.3 Å². The standard InChI is InChI=1S/C75H145NO5/c1-3-5-7-9-11-13-15-16-42-46-49-53-57-61-65-69-75(80)81-70-66-62-58-54-50-47-44-41-39-37-35-33-31-29-27-25-23-21-19-17-18-20-22-24-26-28-30-32-34-36-38-40-43-45-48-52-56-60-64-68-74(79)76-72(71-77)73(78)67-63-59-55-51-14-12-10-8-6-4-2/h16-18,42,72-73,77-78H,3-15,19-41,43-71H2,1-2H3,(H,76,79)/b18-17-,42-16-. The van der Waals surface area contributed by atoms with E-state index in [1.165, 1.54) is 340 Å². The summed E-state index contributed by atoms with van der Waals surface area (Å²) in [7, 11) is 0. The molecular weight excluding hydrogens is 995 g/mol. The molecule has 2 atom stereocenters. The van der Waals surface area contributed by atoms with Crippen LogP contribution in [-0.2, 0) is 14.3 Å². The molecule has 0 spiro atoms. The first-order valence-electron chi connectivity index (χ1n) is 37.1. The summed E-state index contributed by atoms with van der Waals surface area (Å²) < 4.78 is 5.50. The fourth-order valence-corrected chi connectivity index (χ4v) is 11.8. The van der Waals surface area contributed by atoms with Gasteiger partial charge in [-0.25, -0.2) is 0 Å². The Hall–Kier alpha value is -1.66. The van der Waals surface area contributed by atoms with Crippen molar-refractivity contribution in [3.8, 4) is 0 Å². The van der Waals surface area contributed by atoms with Crippen LogP contribution in [0, 0.1) is 0 Å². The molecule has 0 aliphatic carbocycles. The van der Waals surface area contributed by atoms with Crippen LogP contribution in [0.3, 0.4) is 0 Å². The average Bonchev–Trinajstić information content (AvgIpc) is 3.47. The van der Waals surface area contributed by atoms with Gasteiger partial charge in [0.05, 0.1) is 25.4 Å². The smallest absolute Gasteiger partial charge is 0.305 e. The second kappa shape index (κ2) is 70.8. The Morgan fingerprint density at radius 3 is 0.877 bits per heavy atom. The number of aliphatic hydroxyl groups is 2. The van der Waals surface area contributed by atoms with Crippen molar-refractivity contribution in [1.29, 1.82) is 0 Å². The van der Waals surface area contributed by atoms with Crippen molar-refractivity contribution in [1.82, 2.24) is 5.32 Å². The van der Waals surface area contributed by atoms with Gasteiger partial charge in [0.1, 0.15) is 0 Å². The molecule has 81 heavy (non-hydrogen) atoms. The Morgan fingerprint density at radius 1 is 0.333 bits per heavy atom. The van der Waals surface area contributed by atoms with E-state index in [0.717, 1.165) is 44.9 Å².